The lowest BCUT2D eigenvalue weighted by atomic mass is 9.73. The van der Waals surface area contributed by atoms with E-state index in [0.717, 1.165) is 33.5 Å². The summed E-state index contributed by atoms with van der Waals surface area (Å²) in [5.41, 5.74) is 12.2. The van der Waals surface area contributed by atoms with E-state index in [2.05, 4.69) is 34.9 Å². The van der Waals surface area contributed by atoms with Crippen LogP contribution in [0.5, 0.6) is 0 Å². The molecular formula is C41H49N3O6. The van der Waals surface area contributed by atoms with Gasteiger partial charge in [0.25, 0.3) is 0 Å². The molecule has 0 spiro atoms. The quantitative estimate of drug-likeness (QED) is 0.0692. The standard InChI is InChI=1S/C41H49N3O6/c1-26(2)21-35(38-36(45)22-41(3,4)23-37(38)46)43-28-18-16-27(17-19-28)24-49-39(47)34(15-9-10-20-42)44-40(48)50-25-33-31-13-7-5-11-29(31)30-12-6-8-14-32(30)33/h5-8,11-14,16-19,26,33-34,43H,9-10,15,20-25,42H2,1-4H3,(H,44,48)/t34-/m0/s1. The third kappa shape index (κ3) is 9.07. The van der Waals surface area contributed by atoms with Crippen molar-refractivity contribution in [1.82, 2.24) is 5.32 Å². The number of anilines is 1. The maximum Gasteiger partial charge on any atom is 0.407 e. The molecule has 1 fully saturated rings. The molecule has 0 bridgehead atoms. The maximum absolute atomic E-state index is 13.2. The van der Waals surface area contributed by atoms with Crippen LogP contribution in [0.1, 0.15) is 88.8 Å². The van der Waals surface area contributed by atoms with Crippen molar-refractivity contribution < 1.29 is 28.7 Å². The molecule has 9 heteroatoms. The summed E-state index contributed by atoms with van der Waals surface area (Å²) in [5, 5.41) is 6.06. The van der Waals surface area contributed by atoms with Crippen molar-refractivity contribution in [3.8, 4) is 11.1 Å². The van der Waals surface area contributed by atoms with Crippen LogP contribution in [0.2, 0.25) is 0 Å². The Kier molecular flexibility index (Phi) is 11.9. The van der Waals surface area contributed by atoms with Gasteiger partial charge in [-0.3, -0.25) is 9.59 Å². The highest BCUT2D eigenvalue weighted by Gasteiger charge is 2.37. The number of alkyl carbamates (subject to hydrolysis) is 1. The van der Waals surface area contributed by atoms with Crippen molar-refractivity contribution >= 4 is 29.3 Å². The number of rotatable bonds is 14. The lowest BCUT2D eigenvalue weighted by Crippen LogP contribution is -2.42. The van der Waals surface area contributed by atoms with Crippen molar-refractivity contribution in [2.75, 3.05) is 18.5 Å². The Morgan fingerprint density at radius 3 is 2.04 bits per heavy atom. The van der Waals surface area contributed by atoms with E-state index in [1.54, 1.807) is 0 Å². The normalized spacial score (nSPS) is 15.7. The number of allylic oxidation sites excluding steroid dienone is 2. The van der Waals surface area contributed by atoms with E-state index in [-0.39, 0.29) is 47.6 Å². The fraction of sp³-hybridized carbons (Fsp3) is 0.415. The van der Waals surface area contributed by atoms with E-state index in [4.69, 9.17) is 15.2 Å². The van der Waals surface area contributed by atoms with Gasteiger partial charge in [-0.1, -0.05) is 88.4 Å². The average molecular weight is 680 g/mol. The molecule has 0 radical (unpaired) electrons. The van der Waals surface area contributed by atoms with E-state index in [9.17, 15) is 19.2 Å². The van der Waals surface area contributed by atoms with E-state index < -0.39 is 18.1 Å². The van der Waals surface area contributed by atoms with Crippen molar-refractivity contribution in [3.63, 3.8) is 0 Å². The van der Waals surface area contributed by atoms with Gasteiger partial charge >= 0.3 is 12.1 Å². The molecule has 0 aromatic heterocycles. The van der Waals surface area contributed by atoms with Gasteiger partial charge in [0.15, 0.2) is 11.6 Å². The number of hydrogen-bond donors (Lipinski definition) is 3. The van der Waals surface area contributed by atoms with Gasteiger partial charge in [0.1, 0.15) is 19.3 Å². The van der Waals surface area contributed by atoms with Crippen LogP contribution in [0.3, 0.4) is 0 Å². The molecule has 3 aromatic rings. The molecule has 50 heavy (non-hydrogen) atoms. The number of Topliss-reactive ketones (excluding diaryl/α,β-unsaturated/α-hetero) is 2. The number of hydrogen-bond acceptors (Lipinski definition) is 8. The predicted molar refractivity (Wildman–Crippen MR) is 194 cm³/mol. The maximum atomic E-state index is 13.2. The smallest absolute Gasteiger partial charge is 0.407 e. The Balaban J connectivity index is 1.19. The van der Waals surface area contributed by atoms with Crippen LogP contribution < -0.4 is 16.4 Å². The van der Waals surface area contributed by atoms with Crippen LogP contribution in [-0.2, 0) is 30.5 Å². The highest BCUT2D eigenvalue weighted by molar-refractivity contribution is 6.23. The second-order valence-electron chi connectivity index (χ2n) is 14.6. The van der Waals surface area contributed by atoms with Gasteiger partial charge in [0, 0.05) is 30.1 Å². The zero-order chi connectivity index (χ0) is 35.8. The zero-order valence-electron chi connectivity index (χ0n) is 29.6. The van der Waals surface area contributed by atoms with Crippen LogP contribution >= 0.6 is 0 Å². The molecule has 0 unspecified atom stereocenters. The fourth-order valence-electron chi connectivity index (χ4n) is 6.86. The lowest BCUT2D eigenvalue weighted by Gasteiger charge is -2.30. The van der Waals surface area contributed by atoms with Gasteiger partial charge in [-0.25, -0.2) is 9.59 Å². The molecule has 5 rings (SSSR count). The molecule has 0 aliphatic heterocycles. The fourth-order valence-corrected chi connectivity index (χ4v) is 6.86. The summed E-state index contributed by atoms with van der Waals surface area (Å²) in [6, 6.07) is 22.6. The second-order valence-corrected chi connectivity index (χ2v) is 14.6. The minimum absolute atomic E-state index is 0.00483. The van der Waals surface area contributed by atoms with Crippen LogP contribution in [0, 0.1) is 11.3 Å². The Morgan fingerprint density at radius 1 is 0.860 bits per heavy atom. The van der Waals surface area contributed by atoms with Gasteiger partial charge in [0.2, 0.25) is 0 Å². The molecule has 1 saturated carbocycles. The number of ether oxygens (including phenoxy) is 2. The first kappa shape index (κ1) is 36.5. The van der Waals surface area contributed by atoms with Gasteiger partial charge in [-0.2, -0.15) is 0 Å². The largest absolute Gasteiger partial charge is 0.459 e. The van der Waals surface area contributed by atoms with E-state index in [1.165, 1.54) is 0 Å². The molecular weight excluding hydrogens is 630 g/mol. The first-order valence-corrected chi connectivity index (χ1v) is 17.6. The molecule has 4 N–H and O–H groups in total. The number of benzene rings is 3. The Bertz CT molecular complexity index is 1680. The SMILES string of the molecule is CC(C)CC(Nc1ccc(COC(=O)[C@H](CCCCN)NC(=O)OCC2c3ccccc3-c3ccccc32)cc1)=C1C(=O)CC(C)(C)CC1=O. The predicted octanol–water partition coefficient (Wildman–Crippen LogP) is 7.44. The highest BCUT2D eigenvalue weighted by Crippen LogP contribution is 2.44. The van der Waals surface area contributed by atoms with Crippen LogP contribution in [0.25, 0.3) is 11.1 Å². The summed E-state index contributed by atoms with van der Waals surface area (Å²) < 4.78 is 11.3. The van der Waals surface area contributed by atoms with Crippen molar-refractivity contribution in [2.45, 2.75) is 84.8 Å². The van der Waals surface area contributed by atoms with E-state index >= 15 is 0 Å². The first-order valence-electron chi connectivity index (χ1n) is 17.6. The number of amides is 1. The Morgan fingerprint density at radius 2 is 1.46 bits per heavy atom. The van der Waals surface area contributed by atoms with Crippen molar-refractivity contribution in [1.29, 1.82) is 0 Å². The summed E-state index contributed by atoms with van der Waals surface area (Å²) in [6.45, 7) is 8.61. The zero-order valence-corrected chi connectivity index (χ0v) is 29.6. The minimum atomic E-state index is -0.890. The van der Waals surface area contributed by atoms with Crippen molar-refractivity contribution in [2.24, 2.45) is 17.1 Å². The number of ketones is 2. The molecule has 3 aromatic carbocycles. The first-order chi connectivity index (χ1) is 24.0. The number of fused-ring (bicyclic) bond motifs is 3. The molecule has 0 saturated heterocycles. The topological polar surface area (TPSA) is 137 Å². The minimum Gasteiger partial charge on any atom is -0.459 e. The number of nitrogens with two attached hydrogens (primary N) is 1. The monoisotopic (exact) mass is 679 g/mol. The second kappa shape index (κ2) is 16.3. The number of esters is 1. The van der Waals surface area contributed by atoms with Crippen molar-refractivity contribution in [3.05, 3.63) is 101 Å². The van der Waals surface area contributed by atoms with Crippen LogP contribution in [0.15, 0.2) is 84.1 Å². The molecule has 9 nitrogen and oxygen atoms in total. The lowest BCUT2D eigenvalue weighted by molar-refractivity contribution is -0.147. The van der Waals surface area contributed by atoms with Gasteiger partial charge < -0.3 is 25.8 Å². The average Bonchev–Trinajstić information content (AvgIpc) is 3.39. The van der Waals surface area contributed by atoms with Crippen LogP contribution in [0.4, 0.5) is 10.5 Å². The number of carbonyl (C=O) groups is 4. The molecule has 1 amide bonds. The highest BCUT2D eigenvalue weighted by atomic mass is 16.6. The van der Waals surface area contributed by atoms with E-state index in [1.807, 2.05) is 76.2 Å². The van der Waals surface area contributed by atoms with Crippen LogP contribution in [-0.4, -0.2) is 42.8 Å². The summed E-state index contributed by atoms with van der Waals surface area (Å²) in [5.74, 6) is -0.657. The summed E-state index contributed by atoms with van der Waals surface area (Å²) in [7, 11) is 0. The molecule has 0 heterocycles. The summed E-state index contributed by atoms with van der Waals surface area (Å²) in [6.07, 6.45) is 2.27. The van der Waals surface area contributed by atoms with E-state index in [0.29, 0.717) is 50.8 Å². The number of carbonyl (C=O) groups excluding carboxylic acids is 4. The Hall–Kier alpha value is -4.76. The molecule has 1 atom stereocenters. The number of unbranched alkanes of at least 4 members (excludes halogenated alkanes) is 1. The third-order valence-electron chi connectivity index (χ3n) is 9.25. The third-order valence-corrected chi connectivity index (χ3v) is 9.25. The summed E-state index contributed by atoms with van der Waals surface area (Å²) in [4.78, 5) is 52.3. The van der Waals surface area contributed by atoms with Gasteiger partial charge in [0.05, 0.1) is 5.57 Å². The Labute approximate surface area is 295 Å². The molecule has 264 valence electrons. The molecule has 2 aliphatic carbocycles. The summed E-state index contributed by atoms with van der Waals surface area (Å²) >= 11 is 0. The molecule has 2 aliphatic rings. The van der Waals surface area contributed by atoms with Gasteiger partial charge in [-0.05, 0) is 83.5 Å². The van der Waals surface area contributed by atoms with Gasteiger partial charge in [-0.15, -0.1) is 0 Å². The number of nitrogens with one attached hydrogen (secondary N) is 2.